The number of carbonyl (C=O) groups excluding carboxylic acids is 2. The van der Waals surface area contributed by atoms with Gasteiger partial charge in [0.25, 0.3) is 0 Å². The molecule has 2 amide bonds. The van der Waals surface area contributed by atoms with E-state index in [-0.39, 0.29) is 12.5 Å². The number of aromatic nitrogens is 1. The summed E-state index contributed by atoms with van der Waals surface area (Å²) in [4.78, 5) is 29.9. The molecule has 2 rings (SSSR count). The van der Waals surface area contributed by atoms with E-state index in [2.05, 4.69) is 10.3 Å². The Morgan fingerprint density at radius 2 is 2.04 bits per heavy atom. The second kappa shape index (κ2) is 6.54. The van der Waals surface area contributed by atoms with E-state index >= 15 is 0 Å². The van der Waals surface area contributed by atoms with Crippen molar-refractivity contribution < 1.29 is 19.1 Å². The van der Waals surface area contributed by atoms with Crippen LogP contribution >= 0.6 is 0 Å². The highest BCUT2D eigenvalue weighted by atomic mass is 16.6. The van der Waals surface area contributed by atoms with Gasteiger partial charge in [-0.25, -0.2) is 4.79 Å². The van der Waals surface area contributed by atoms with Gasteiger partial charge in [-0.2, -0.15) is 0 Å². The number of nitrogens with zero attached hydrogens (tertiary/aromatic N) is 2. The topological polar surface area (TPSA) is 80.8 Å². The average molecular weight is 321 g/mol. The maximum atomic E-state index is 12.1. The van der Waals surface area contributed by atoms with E-state index in [9.17, 15) is 9.59 Å². The van der Waals surface area contributed by atoms with Crippen LogP contribution in [0, 0.1) is 0 Å². The van der Waals surface area contributed by atoms with Crippen LogP contribution in [-0.2, 0) is 19.8 Å². The van der Waals surface area contributed by atoms with E-state index in [0.29, 0.717) is 18.8 Å². The lowest BCUT2D eigenvalue weighted by molar-refractivity contribution is -0.129. The number of ether oxygens (including phenoxy) is 2. The Bertz CT molecular complexity index is 562. The molecule has 1 aromatic rings. The fourth-order valence-electron chi connectivity index (χ4n) is 2.45. The summed E-state index contributed by atoms with van der Waals surface area (Å²) in [7, 11) is 1.46. The number of carbonyl (C=O) groups is 2. The first-order chi connectivity index (χ1) is 10.8. The molecule has 2 heterocycles. The van der Waals surface area contributed by atoms with E-state index in [1.54, 1.807) is 17.2 Å². The Kier molecular flexibility index (Phi) is 4.89. The molecule has 7 heteroatoms. The van der Waals surface area contributed by atoms with Gasteiger partial charge in [-0.15, -0.1) is 0 Å². The van der Waals surface area contributed by atoms with Gasteiger partial charge in [-0.05, 0) is 32.9 Å². The highest BCUT2D eigenvalue weighted by Crippen LogP contribution is 2.31. The zero-order valence-corrected chi connectivity index (χ0v) is 14.0. The Labute approximate surface area is 136 Å². The van der Waals surface area contributed by atoms with Crippen molar-refractivity contribution in [1.82, 2.24) is 15.2 Å². The first-order valence-electron chi connectivity index (χ1n) is 7.45. The maximum absolute atomic E-state index is 12.1. The molecule has 0 radical (unpaired) electrons. The zero-order chi connectivity index (χ0) is 17.1. The molecule has 23 heavy (non-hydrogen) atoms. The van der Waals surface area contributed by atoms with E-state index < -0.39 is 17.2 Å². The predicted octanol–water partition coefficient (Wildman–Crippen LogP) is 1.29. The summed E-state index contributed by atoms with van der Waals surface area (Å²) < 4.78 is 10.2. The Hall–Kier alpha value is -2.15. The lowest BCUT2D eigenvalue weighted by atomic mass is 9.86. The van der Waals surface area contributed by atoms with Crippen LogP contribution in [0.1, 0.15) is 26.5 Å². The Balaban J connectivity index is 2.10. The zero-order valence-electron chi connectivity index (χ0n) is 14.0. The smallest absolute Gasteiger partial charge is 0.410 e. The third kappa shape index (κ3) is 4.19. The van der Waals surface area contributed by atoms with Gasteiger partial charge in [0.2, 0.25) is 5.91 Å². The largest absolute Gasteiger partial charge is 0.444 e. The molecular formula is C16H23N3O4. The van der Waals surface area contributed by atoms with E-state index in [0.717, 1.165) is 0 Å². The highest BCUT2D eigenvalue weighted by molar-refractivity contribution is 5.79. The number of rotatable bonds is 4. The first kappa shape index (κ1) is 17.2. The third-order valence-corrected chi connectivity index (χ3v) is 3.38. The molecule has 0 atom stereocenters. The SMILES string of the molecule is COCC(=O)NC1(c2ccccn2)CN(C(=O)OC(C)(C)C)C1. The maximum Gasteiger partial charge on any atom is 0.410 e. The van der Waals surface area contributed by atoms with Crippen LogP contribution in [0.15, 0.2) is 24.4 Å². The summed E-state index contributed by atoms with van der Waals surface area (Å²) in [6.45, 7) is 6.04. The van der Waals surface area contributed by atoms with Gasteiger partial charge in [-0.1, -0.05) is 6.07 Å². The molecule has 1 saturated heterocycles. The van der Waals surface area contributed by atoms with Crippen LogP contribution in [0.25, 0.3) is 0 Å². The standard InChI is InChI=1S/C16H23N3O4/c1-15(2,3)23-14(21)19-10-16(11-19,18-13(20)9-22-4)12-7-5-6-8-17-12/h5-8H,9-11H2,1-4H3,(H,18,20). The minimum Gasteiger partial charge on any atom is -0.444 e. The van der Waals surface area contributed by atoms with Crippen LogP contribution < -0.4 is 5.32 Å². The van der Waals surface area contributed by atoms with Crippen molar-refractivity contribution in [3.05, 3.63) is 30.1 Å². The van der Waals surface area contributed by atoms with Crippen molar-refractivity contribution in [2.75, 3.05) is 26.8 Å². The Morgan fingerprint density at radius 1 is 1.35 bits per heavy atom. The van der Waals surface area contributed by atoms with E-state index in [1.165, 1.54) is 7.11 Å². The second-order valence-electron chi connectivity index (χ2n) is 6.61. The molecule has 1 fully saturated rings. The number of hydrogen-bond donors (Lipinski definition) is 1. The van der Waals surface area contributed by atoms with Crippen molar-refractivity contribution in [2.45, 2.75) is 31.9 Å². The molecule has 1 aromatic heterocycles. The number of hydrogen-bond acceptors (Lipinski definition) is 5. The van der Waals surface area contributed by atoms with Gasteiger partial charge in [0.15, 0.2) is 0 Å². The van der Waals surface area contributed by atoms with Crippen molar-refractivity contribution in [1.29, 1.82) is 0 Å². The van der Waals surface area contributed by atoms with Crippen LogP contribution in [0.5, 0.6) is 0 Å². The van der Waals surface area contributed by atoms with Crippen LogP contribution in [0.3, 0.4) is 0 Å². The molecule has 1 N–H and O–H groups in total. The summed E-state index contributed by atoms with van der Waals surface area (Å²) >= 11 is 0. The quantitative estimate of drug-likeness (QED) is 0.904. The number of pyridine rings is 1. The van der Waals surface area contributed by atoms with Gasteiger partial charge in [-0.3, -0.25) is 9.78 Å². The van der Waals surface area contributed by atoms with Crippen LogP contribution in [0.2, 0.25) is 0 Å². The lowest BCUT2D eigenvalue weighted by Gasteiger charge is -2.49. The Morgan fingerprint density at radius 3 is 2.57 bits per heavy atom. The fourth-order valence-corrected chi connectivity index (χ4v) is 2.45. The number of nitrogens with one attached hydrogen (secondary N) is 1. The average Bonchev–Trinajstić information content (AvgIpc) is 2.41. The first-order valence-corrected chi connectivity index (χ1v) is 7.45. The third-order valence-electron chi connectivity index (χ3n) is 3.38. The van der Waals surface area contributed by atoms with Gasteiger partial charge in [0.05, 0.1) is 18.8 Å². The molecule has 1 aliphatic rings. The second-order valence-corrected chi connectivity index (χ2v) is 6.61. The summed E-state index contributed by atoms with van der Waals surface area (Å²) in [5, 5.41) is 2.92. The molecule has 7 nitrogen and oxygen atoms in total. The molecule has 0 saturated carbocycles. The molecule has 0 aliphatic carbocycles. The van der Waals surface area contributed by atoms with Crippen LogP contribution in [-0.4, -0.2) is 54.3 Å². The summed E-state index contributed by atoms with van der Waals surface area (Å²) in [6, 6.07) is 5.49. The molecule has 126 valence electrons. The minimum atomic E-state index is -0.701. The molecule has 0 bridgehead atoms. The minimum absolute atomic E-state index is 0.0407. The van der Waals surface area contributed by atoms with Gasteiger partial charge < -0.3 is 19.7 Å². The highest BCUT2D eigenvalue weighted by Gasteiger charge is 2.49. The predicted molar refractivity (Wildman–Crippen MR) is 83.7 cm³/mol. The van der Waals surface area contributed by atoms with Gasteiger partial charge >= 0.3 is 6.09 Å². The fraction of sp³-hybridized carbons (Fsp3) is 0.562. The lowest BCUT2D eigenvalue weighted by Crippen LogP contribution is -2.69. The van der Waals surface area contributed by atoms with E-state index in [4.69, 9.17) is 9.47 Å². The molecule has 0 aromatic carbocycles. The summed E-state index contributed by atoms with van der Waals surface area (Å²) in [5.41, 5.74) is -0.544. The number of amides is 2. The number of likely N-dealkylation sites (tertiary alicyclic amines) is 1. The van der Waals surface area contributed by atoms with Gasteiger partial charge in [0, 0.05) is 13.3 Å². The van der Waals surface area contributed by atoms with Crippen molar-refractivity contribution in [3.8, 4) is 0 Å². The number of methoxy groups -OCH3 is 1. The van der Waals surface area contributed by atoms with Crippen LogP contribution in [0.4, 0.5) is 4.79 Å². The van der Waals surface area contributed by atoms with Crippen molar-refractivity contribution in [2.24, 2.45) is 0 Å². The molecular weight excluding hydrogens is 298 g/mol. The van der Waals surface area contributed by atoms with E-state index in [1.807, 2.05) is 32.9 Å². The summed E-state index contributed by atoms with van der Waals surface area (Å²) in [5.74, 6) is -0.248. The monoisotopic (exact) mass is 321 g/mol. The van der Waals surface area contributed by atoms with Crippen molar-refractivity contribution in [3.63, 3.8) is 0 Å². The van der Waals surface area contributed by atoms with Gasteiger partial charge in [0.1, 0.15) is 17.7 Å². The molecule has 1 aliphatic heterocycles. The molecule has 0 spiro atoms. The normalized spacial score (nSPS) is 16.4. The van der Waals surface area contributed by atoms with Crippen molar-refractivity contribution >= 4 is 12.0 Å². The molecule has 0 unspecified atom stereocenters. The summed E-state index contributed by atoms with van der Waals surface area (Å²) in [6.07, 6.45) is 1.26.